The third-order valence-electron chi connectivity index (χ3n) is 4.87. The van der Waals surface area contributed by atoms with Crippen LogP contribution in [0.25, 0.3) is 0 Å². The molecule has 0 saturated carbocycles. The van der Waals surface area contributed by atoms with Gasteiger partial charge in [-0.25, -0.2) is 0 Å². The van der Waals surface area contributed by atoms with E-state index in [-0.39, 0.29) is 11.4 Å². The Morgan fingerprint density at radius 3 is 1.31 bits per heavy atom. The maximum absolute atomic E-state index is 13.3. The molecule has 0 aliphatic heterocycles. The van der Waals surface area contributed by atoms with E-state index in [0.717, 1.165) is 0 Å². The molecular formula is C26H22N2O6Te. The Morgan fingerprint density at radius 1 is 0.600 bits per heavy atom. The van der Waals surface area contributed by atoms with Crippen LogP contribution in [-0.4, -0.2) is 55.1 Å². The van der Waals surface area contributed by atoms with Crippen molar-refractivity contribution in [3.05, 3.63) is 109 Å². The van der Waals surface area contributed by atoms with Gasteiger partial charge in [0.05, 0.1) is 0 Å². The molecule has 4 aromatic rings. The minimum atomic E-state index is -4.75. The number of aromatic nitrogens is 2. The van der Waals surface area contributed by atoms with Gasteiger partial charge in [-0.3, -0.25) is 0 Å². The van der Waals surface area contributed by atoms with Gasteiger partial charge in [0.25, 0.3) is 0 Å². The molecule has 2 aromatic carbocycles. The molecule has 0 radical (unpaired) electrons. The van der Waals surface area contributed by atoms with Crippen molar-refractivity contribution in [1.29, 1.82) is 0 Å². The van der Waals surface area contributed by atoms with E-state index in [1.807, 2.05) is 0 Å². The summed E-state index contributed by atoms with van der Waals surface area (Å²) in [6.07, 6.45) is 2.98. The zero-order valence-corrected chi connectivity index (χ0v) is 21.3. The summed E-state index contributed by atoms with van der Waals surface area (Å²) in [5.41, 5.74) is 0.193. The summed E-state index contributed by atoms with van der Waals surface area (Å²) in [4.78, 5) is 34.8. The van der Waals surface area contributed by atoms with Gasteiger partial charge in [0, 0.05) is 0 Å². The number of nitrogens with zero attached hydrogens (tertiary/aromatic N) is 2. The molecule has 0 N–H and O–H groups in total. The third-order valence-corrected chi connectivity index (χ3v) is 12.2. The van der Waals surface area contributed by atoms with E-state index in [0.29, 0.717) is 18.7 Å². The van der Waals surface area contributed by atoms with E-state index in [4.69, 9.17) is 15.7 Å². The molecule has 4 rings (SSSR count). The van der Waals surface area contributed by atoms with Crippen LogP contribution in [0.5, 0.6) is 11.5 Å². The van der Waals surface area contributed by atoms with Crippen LogP contribution in [0.1, 0.15) is 21.0 Å². The number of benzene rings is 2. The Hall–Kier alpha value is -3.93. The Labute approximate surface area is 207 Å². The summed E-state index contributed by atoms with van der Waals surface area (Å²) >= 11 is -4.75. The van der Waals surface area contributed by atoms with Crippen LogP contribution in [-0.2, 0) is 6.20 Å². The van der Waals surface area contributed by atoms with Gasteiger partial charge in [0.1, 0.15) is 0 Å². The molecular weight excluding hydrogens is 564 g/mol. The first-order chi connectivity index (χ1) is 17.1. The summed E-state index contributed by atoms with van der Waals surface area (Å²) in [5, 5.41) is 0. The predicted octanol–water partition coefficient (Wildman–Crippen LogP) is 2.76. The number of carbonyl (C=O) groups is 2. The predicted molar refractivity (Wildman–Crippen MR) is 130 cm³/mol. The quantitative estimate of drug-likeness (QED) is 0.291. The van der Waals surface area contributed by atoms with Gasteiger partial charge >= 0.3 is 208 Å². The average Bonchev–Trinajstić information content (AvgIpc) is 2.93. The number of hydrogen-bond acceptors (Lipinski definition) is 8. The number of pyridine rings is 2. The topological polar surface area (TPSA) is 96.8 Å². The standard InChI is InChI=1S/C26H22N2O6Te/c1-31-19-9-13-21(14-10-19)35(22-15-11-20(32-2)12-16-22,33-25(29)23-7-3-5-17-27-23)34-26(30)24-8-4-6-18-28-24/h3-18H,1-2H3. The fraction of sp³-hybridized carbons (Fsp3) is 0.0769. The monoisotopic (exact) mass is 588 g/mol. The second kappa shape index (κ2) is 11.0. The molecule has 0 bridgehead atoms. The van der Waals surface area contributed by atoms with Crippen molar-refractivity contribution in [2.24, 2.45) is 0 Å². The Bertz CT molecular complexity index is 1180. The molecule has 0 aliphatic carbocycles. The van der Waals surface area contributed by atoms with Crippen molar-refractivity contribution in [2.75, 3.05) is 14.2 Å². The SMILES string of the molecule is COc1ccc([Te](OC(=O)c2ccccn2)(OC(=O)c2ccccn2)c2ccc(OC)cc2)cc1. The fourth-order valence-electron chi connectivity index (χ4n) is 3.12. The van der Waals surface area contributed by atoms with E-state index in [2.05, 4.69) is 9.97 Å². The normalized spacial score (nSPS) is 11.3. The summed E-state index contributed by atoms with van der Waals surface area (Å²) < 4.78 is 24.0. The van der Waals surface area contributed by atoms with Crippen molar-refractivity contribution in [3.63, 3.8) is 0 Å². The number of methoxy groups -OCH3 is 2. The van der Waals surface area contributed by atoms with Crippen molar-refractivity contribution in [1.82, 2.24) is 9.97 Å². The molecule has 0 atom stereocenters. The zero-order valence-electron chi connectivity index (χ0n) is 19.0. The van der Waals surface area contributed by atoms with Crippen LogP contribution in [0.3, 0.4) is 0 Å². The molecule has 8 nitrogen and oxygen atoms in total. The third kappa shape index (κ3) is 5.43. The van der Waals surface area contributed by atoms with Gasteiger partial charge < -0.3 is 0 Å². The molecule has 0 saturated heterocycles. The van der Waals surface area contributed by atoms with E-state index < -0.39 is 30.9 Å². The number of rotatable bonds is 8. The molecule has 2 aromatic heterocycles. The Morgan fingerprint density at radius 2 is 1.00 bits per heavy atom. The molecule has 35 heavy (non-hydrogen) atoms. The fourth-order valence-corrected chi connectivity index (χ4v) is 9.62. The second-order valence-electron chi connectivity index (χ2n) is 7.03. The maximum atomic E-state index is 13.3. The molecule has 178 valence electrons. The minimum absolute atomic E-state index is 0.0964. The first kappa shape index (κ1) is 24.2. The van der Waals surface area contributed by atoms with Crippen molar-refractivity contribution < 1.29 is 25.3 Å². The molecule has 0 amide bonds. The van der Waals surface area contributed by atoms with Gasteiger partial charge in [-0.05, 0) is 0 Å². The van der Waals surface area contributed by atoms with Gasteiger partial charge in [0.15, 0.2) is 0 Å². The van der Waals surface area contributed by atoms with Gasteiger partial charge in [0.2, 0.25) is 0 Å². The number of carbonyl (C=O) groups excluding carboxylic acids is 2. The average molecular weight is 586 g/mol. The molecule has 0 spiro atoms. The molecule has 0 aliphatic rings. The van der Waals surface area contributed by atoms with Crippen molar-refractivity contribution in [2.45, 2.75) is 0 Å². The van der Waals surface area contributed by atoms with E-state index in [1.54, 1.807) is 99.1 Å². The molecule has 9 heteroatoms. The van der Waals surface area contributed by atoms with Crippen LogP contribution in [0, 0.1) is 0 Å². The van der Waals surface area contributed by atoms with E-state index in [9.17, 15) is 9.59 Å². The summed E-state index contributed by atoms with van der Waals surface area (Å²) in [6, 6.07) is 23.7. The molecule has 2 heterocycles. The first-order valence-corrected chi connectivity index (χ1v) is 14.7. The van der Waals surface area contributed by atoms with Crippen LogP contribution in [0.15, 0.2) is 97.3 Å². The van der Waals surface area contributed by atoms with Gasteiger partial charge in [-0.15, -0.1) is 0 Å². The van der Waals surface area contributed by atoms with Crippen LogP contribution >= 0.6 is 0 Å². The summed E-state index contributed by atoms with van der Waals surface area (Å²) in [7, 11) is 3.10. The molecule has 0 fully saturated rings. The van der Waals surface area contributed by atoms with Crippen molar-refractivity contribution in [3.8, 4) is 11.5 Å². The Balaban J connectivity index is 1.88. The number of ether oxygens (including phenoxy) is 2. The summed E-state index contributed by atoms with van der Waals surface area (Å²) in [5.74, 6) is -0.195. The van der Waals surface area contributed by atoms with E-state index in [1.165, 1.54) is 12.4 Å². The zero-order chi connectivity index (χ0) is 24.7. The van der Waals surface area contributed by atoms with Gasteiger partial charge in [-0.2, -0.15) is 0 Å². The van der Waals surface area contributed by atoms with Crippen LogP contribution in [0.2, 0.25) is 0 Å². The Kier molecular flexibility index (Phi) is 7.60. The van der Waals surface area contributed by atoms with Crippen molar-refractivity contribution >= 4 is 38.2 Å². The van der Waals surface area contributed by atoms with Crippen LogP contribution < -0.4 is 16.7 Å². The second-order valence-corrected chi connectivity index (χ2v) is 13.5. The van der Waals surface area contributed by atoms with Gasteiger partial charge in [-0.1, -0.05) is 0 Å². The number of hydrogen-bond donors (Lipinski definition) is 0. The molecule has 0 unspecified atom stereocenters. The first-order valence-electron chi connectivity index (χ1n) is 10.5. The van der Waals surface area contributed by atoms with Crippen LogP contribution in [0.4, 0.5) is 0 Å². The summed E-state index contributed by atoms with van der Waals surface area (Å²) in [6.45, 7) is 0. The van der Waals surface area contributed by atoms with E-state index >= 15 is 0 Å².